The lowest BCUT2D eigenvalue weighted by Crippen LogP contribution is -2.42. The first-order valence-corrected chi connectivity index (χ1v) is 9.67. The fourth-order valence-corrected chi connectivity index (χ4v) is 3.42. The number of hydrogen-bond donors (Lipinski definition) is 3. The van der Waals surface area contributed by atoms with Gasteiger partial charge in [0, 0.05) is 12.1 Å². The van der Waals surface area contributed by atoms with E-state index in [2.05, 4.69) is 15.0 Å². The van der Waals surface area contributed by atoms with Crippen LogP contribution in [0, 0.1) is 0 Å². The van der Waals surface area contributed by atoms with Crippen molar-refractivity contribution in [3.05, 3.63) is 29.8 Å². The van der Waals surface area contributed by atoms with Gasteiger partial charge in [0.2, 0.25) is 0 Å². The Hall–Kier alpha value is -2.95. The number of amidine groups is 1. The second kappa shape index (κ2) is 8.62. The van der Waals surface area contributed by atoms with Gasteiger partial charge < -0.3 is 10.1 Å². The summed E-state index contributed by atoms with van der Waals surface area (Å²) in [5.74, 6) is -1.60. The Kier molecular flexibility index (Phi) is 6.50. The van der Waals surface area contributed by atoms with E-state index in [0.717, 1.165) is 0 Å². The summed E-state index contributed by atoms with van der Waals surface area (Å²) in [7, 11) is -3.71. The number of imide groups is 1. The van der Waals surface area contributed by atoms with E-state index in [-0.39, 0.29) is 10.7 Å². The molecule has 11 heteroatoms. The molecule has 0 aliphatic carbocycles. The van der Waals surface area contributed by atoms with E-state index in [1.54, 1.807) is 18.2 Å². The summed E-state index contributed by atoms with van der Waals surface area (Å²) in [6.07, 6.45) is 0.710. The Balaban J connectivity index is 1.94. The molecule has 0 unspecified atom stereocenters. The van der Waals surface area contributed by atoms with Gasteiger partial charge in [0.25, 0.3) is 15.9 Å². The van der Waals surface area contributed by atoms with E-state index in [0.29, 0.717) is 18.5 Å². The molecule has 1 aromatic rings. The monoisotopic (exact) mass is 396 g/mol. The van der Waals surface area contributed by atoms with Gasteiger partial charge in [0.15, 0.2) is 6.61 Å². The van der Waals surface area contributed by atoms with Gasteiger partial charge in [-0.3, -0.25) is 19.8 Å². The summed E-state index contributed by atoms with van der Waals surface area (Å²) >= 11 is 0. The van der Waals surface area contributed by atoms with Gasteiger partial charge >= 0.3 is 12.0 Å². The van der Waals surface area contributed by atoms with Crippen LogP contribution < -0.4 is 15.4 Å². The summed E-state index contributed by atoms with van der Waals surface area (Å²) in [5, 5.41) is 4.45. The molecule has 2 rings (SSSR count). The number of ether oxygens (including phenoxy) is 1. The van der Waals surface area contributed by atoms with Crippen molar-refractivity contribution in [2.24, 2.45) is 4.99 Å². The largest absolute Gasteiger partial charge is 0.454 e. The number of urea groups is 1. The van der Waals surface area contributed by atoms with Crippen LogP contribution in [0.5, 0.6) is 0 Å². The summed E-state index contributed by atoms with van der Waals surface area (Å²) in [5.41, 5.74) is 0.350. The van der Waals surface area contributed by atoms with Crippen LogP contribution in [0.15, 0.2) is 34.2 Å². The van der Waals surface area contributed by atoms with Crippen molar-refractivity contribution in [1.82, 2.24) is 15.4 Å². The molecule has 1 atom stereocenters. The standard InChI is InChI=1S/C16H20N4O6S/c1-3-8-17-16(23)19-13(21)9-26-15(22)10(2)18-14-11-6-4-5-7-12(11)27(24,25)20-14/h4-7,10H,3,8-9H2,1-2H3,(H,18,20)(H2,17,19,21,23)/t10-/m0/s1. The van der Waals surface area contributed by atoms with Crippen LogP contribution in [0.4, 0.5) is 4.79 Å². The van der Waals surface area contributed by atoms with Crippen molar-refractivity contribution in [3.63, 3.8) is 0 Å². The lowest BCUT2D eigenvalue weighted by Gasteiger charge is -2.09. The van der Waals surface area contributed by atoms with E-state index in [9.17, 15) is 22.8 Å². The van der Waals surface area contributed by atoms with E-state index in [4.69, 9.17) is 4.74 Å². The number of benzene rings is 1. The van der Waals surface area contributed by atoms with E-state index < -0.39 is 40.6 Å². The zero-order valence-electron chi connectivity index (χ0n) is 14.8. The first-order valence-electron chi connectivity index (χ1n) is 8.19. The molecule has 146 valence electrons. The summed E-state index contributed by atoms with van der Waals surface area (Å²) in [4.78, 5) is 39.0. The number of nitrogens with one attached hydrogen (secondary N) is 3. The number of amides is 3. The van der Waals surface area contributed by atoms with Gasteiger partial charge in [-0.25, -0.2) is 18.0 Å². The van der Waals surface area contributed by atoms with Crippen LogP contribution in [0.25, 0.3) is 0 Å². The topological polar surface area (TPSA) is 143 Å². The zero-order valence-corrected chi connectivity index (χ0v) is 15.6. The lowest BCUT2D eigenvalue weighted by molar-refractivity contribution is -0.149. The molecule has 1 aliphatic heterocycles. The molecular weight excluding hydrogens is 376 g/mol. The van der Waals surface area contributed by atoms with Gasteiger partial charge in [-0.05, 0) is 25.5 Å². The van der Waals surface area contributed by atoms with E-state index in [1.165, 1.54) is 13.0 Å². The first-order chi connectivity index (χ1) is 12.7. The van der Waals surface area contributed by atoms with E-state index >= 15 is 0 Å². The molecule has 0 saturated heterocycles. The maximum Gasteiger partial charge on any atom is 0.331 e. The predicted molar refractivity (Wildman–Crippen MR) is 95.6 cm³/mol. The van der Waals surface area contributed by atoms with Crippen molar-refractivity contribution in [2.75, 3.05) is 13.2 Å². The van der Waals surface area contributed by atoms with Crippen LogP contribution in [-0.2, 0) is 24.3 Å². The van der Waals surface area contributed by atoms with Crippen molar-refractivity contribution >= 4 is 33.8 Å². The van der Waals surface area contributed by atoms with Gasteiger partial charge in [0.1, 0.15) is 11.9 Å². The Bertz CT molecular complexity index is 881. The zero-order chi connectivity index (χ0) is 20.0. The molecule has 0 bridgehead atoms. The quantitative estimate of drug-likeness (QED) is 0.573. The summed E-state index contributed by atoms with van der Waals surface area (Å²) < 4.78 is 31.1. The second-order valence-electron chi connectivity index (χ2n) is 5.67. The fraction of sp³-hybridized carbons (Fsp3) is 0.375. The number of nitrogens with zero attached hydrogens (tertiary/aromatic N) is 1. The highest BCUT2D eigenvalue weighted by molar-refractivity contribution is 7.90. The Labute approximate surface area is 156 Å². The van der Waals surface area contributed by atoms with Crippen LogP contribution in [0.3, 0.4) is 0 Å². The van der Waals surface area contributed by atoms with Crippen LogP contribution >= 0.6 is 0 Å². The van der Waals surface area contributed by atoms with Crippen LogP contribution in [-0.4, -0.2) is 51.4 Å². The maximum atomic E-state index is 12.0. The minimum Gasteiger partial charge on any atom is -0.454 e. The Morgan fingerprint density at radius 3 is 2.67 bits per heavy atom. The Morgan fingerprint density at radius 2 is 1.96 bits per heavy atom. The third-order valence-corrected chi connectivity index (χ3v) is 4.86. The van der Waals surface area contributed by atoms with Crippen molar-refractivity contribution in [2.45, 2.75) is 31.2 Å². The number of rotatable bonds is 6. The smallest absolute Gasteiger partial charge is 0.331 e. The first kappa shape index (κ1) is 20.4. The molecule has 1 aliphatic rings. The minimum atomic E-state index is -3.71. The molecule has 10 nitrogen and oxygen atoms in total. The number of fused-ring (bicyclic) bond motifs is 1. The third-order valence-electron chi connectivity index (χ3n) is 3.46. The average Bonchev–Trinajstić information content (AvgIpc) is 2.88. The molecule has 1 heterocycles. The molecule has 0 spiro atoms. The maximum absolute atomic E-state index is 12.0. The number of sulfonamides is 1. The molecule has 27 heavy (non-hydrogen) atoms. The molecule has 3 amide bonds. The van der Waals surface area contributed by atoms with Crippen molar-refractivity contribution < 1.29 is 27.5 Å². The SMILES string of the molecule is CCCNC(=O)NC(=O)COC(=O)[C@H](C)N=C1NS(=O)(=O)c2ccccc21. The number of carbonyl (C=O) groups is 3. The molecular formula is C16H20N4O6S. The lowest BCUT2D eigenvalue weighted by atomic mass is 10.2. The molecule has 0 radical (unpaired) electrons. The van der Waals surface area contributed by atoms with Gasteiger partial charge in [-0.15, -0.1) is 0 Å². The summed E-state index contributed by atoms with van der Waals surface area (Å²) in [6, 6.07) is 4.48. The fourth-order valence-electron chi connectivity index (χ4n) is 2.18. The van der Waals surface area contributed by atoms with E-state index in [1.807, 2.05) is 12.2 Å². The average molecular weight is 396 g/mol. The van der Waals surface area contributed by atoms with Crippen molar-refractivity contribution in [3.8, 4) is 0 Å². The molecule has 3 N–H and O–H groups in total. The van der Waals surface area contributed by atoms with Crippen LogP contribution in [0.2, 0.25) is 0 Å². The Morgan fingerprint density at radius 1 is 1.26 bits per heavy atom. The summed E-state index contributed by atoms with van der Waals surface area (Å²) in [6.45, 7) is 3.01. The molecule has 0 aromatic heterocycles. The highest BCUT2D eigenvalue weighted by atomic mass is 32.2. The normalized spacial score (nSPS) is 16.7. The number of hydrogen-bond acceptors (Lipinski definition) is 7. The number of carbonyl (C=O) groups excluding carboxylic acids is 3. The minimum absolute atomic E-state index is 0.0263. The van der Waals surface area contributed by atoms with Crippen molar-refractivity contribution in [1.29, 1.82) is 0 Å². The van der Waals surface area contributed by atoms with Gasteiger partial charge in [-0.2, -0.15) is 0 Å². The predicted octanol–water partition coefficient (Wildman–Crippen LogP) is -0.107. The highest BCUT2D eigenvalue weighted by Crippen LogP contribution is 2.22. The highest BCUT2D eigenvalue weighted by Gasteiger charge is 2.31. The molecule has 1 aromatic carbocycles. The second-order valence-corrected chi connectivity index (χ2v) is 7.32. The third kappa shape index (κ3) is 5.26. The van der Waals surface area contributed by atoms with Gasteiger partial charge in [0.05, 0.1) is 4.90 Å². The van der Waals surface area contributed by atoms with Gasteiger partial charge in [-0.1, -0.05) is 19.1 Å². The number of esters is 1. The molecule has 0 fully saturated rings. The van der Waals surface area contributed by atoms with Crippen LogP contribution in [0.1, 0.15) is 25.8 Å². The number of aliphatic imine (C=N–C) groups is 1. The molecule has 0 saturated carbocycles.